The van der Waals surface area contributed by atoms with Gasteiger partial charge in [-0.25, -0.2) is 4.98 Å². The van der Waals surface area contributed by atoms with Gasteiger partial charge < -0.3 is 9.73 Å². The molecule has 0 saturated carbocycles. The van der Waals surface area contributed by atoms with Gasteiger partial charge in [-0.05, 0) is 41.8 Å². The normalized spacial score (nSPS) is 10.9. The molecule has 1 aromatic heterocycles. The number of carbonyl (C=O) groups is 1. The molecular formula is C23H20N2O2. The lowest BCUT2D eigenvalue weighted by Crippen LogP contribution is -2.23. The van der Waals surface area contributed by atoms with Crippen molar-refractivity contribution in [3.63, 3.8) is 0 Å². The number of rotatable bonds is 5. The Balaban J connectivity index is 1.49. The summed E-state index contributed by atoms with van der Waals surface area (Å²) < 4.78 is 5.85. The highest BCUT2D eigenvalue weighted by molar-refractivity contribution is 5.97. The Labute approximate surface area is 157 Å². The van der Waals surface area contributed by atoms with Gasteiger partial charge in [-0.2, -0.15) is 0 Å². The van der Waals surface area contributed by atoms with E-state index in [2.05, 4.69) is 10.3 Å². The lowest BCUT2D eigenvalue weighted by Gasteiger charge is -2.07. The highest BCUT2D eigenvalue weighted by atomic mass is 16.3. The zero-order chi connectivity index (χ0) is 18.6. The van der Waals surface area contributed by atoms with Crippen LogP contribution in [0.2, 0.25) is 0 Å². The molecule has 4 nitrogen and oxygen atoms in total. The Hall–Kier alpha value is -3.40. The van der Waals surface area contributed by atoms with Crippen LogP contribution in [0.4, 0.5) is 0 Å². The topological polar surface area (TPSA) is 55.1 Å². The van der Waals surface area contributed by atoms with E-state index in [1.165, 1.54) is 0 Å². The van der Waals surface area contributed by atoms with E-state index in [0.29, 0.717) is 30.0 Å². The van der Waals surface area contributed by atoms with Crippen LogP contribution in [-0.4, -0.2) is 10.9 Å². The smallest absolute Gasteiger partial charge is 0.251 e. The second-order valence-electron chi connectivity index (χ2n) is 6.56. The average molecular weight is 356 g/mol. The molecule has 4 aromatic rings. The molecule has 0 atom stereocenters. The maximum Gasteiger partial charge on any atom is 0.251 e. The Morgan fingerprint density at radius 1 is 1.00 bits per heavy atom. The third-order valence-electron chi connectivity index (χ3n) is 4.59. The molecular weight excluding hydrogens is 336 g/mol. The number of aromatic nitrogens is 1. The third-order valence-corrected chi connectivity index (χ3v) is 4.59. The fourth-order valence-electron chi connectivity index (χ4n) is 3.05. The minimum atomic E-state index is -0.124. The van der Waals surface area contributed by atoms with Crippen LogP contribution in [0.1, 0.15) is 32.9 Å². The van der Waals surface area contributed by atoms with Crippen LogP contribution in [0.25, 0.3) is 11.1 Å². The van der Waals surface area contributed by atoms with Gasteiger partial charge in [-0.3, -0.25) is 4.79 Å². The van der Waals surface area contributed by atoms with Gasteiger partial charge in [0.1, 0.15) is 5.52 Å². The number of nitrogens with one attached hydrogen (secondary N) is 1. The number of benzene rings is 3. The lowest BCUT2D eigenvalue weighted by atomic mass is 10.1. The number of carbonyl (C=O) groups excluding carboxylic acids is 1. The zero-order valence-corrected chi connectivity index (χ0v) is 15.1. The first-order valence-corrected chi connectivity index (χ1v) is 8.95. The van der Waals surface area contributed by atoms with Crippen LogP contribution < -0.4 is 5.32 Å². The maximum atomic E-state index is 12.5. The number of nitrogens with zero attached hydrogens (tertiary/aromatic N) is 1. The second-order valence-corrected chi connectivity index (χ2v) is 6.56. The molecule has 134 valence electrons. The Morgan fingerprint density at radius 3 is 2.59 bits per heavy atom. The predicted octanol–water partition coefficient (Wildman–Crippen LogP) is 4.66. The van der Waals surface area contributed by atoms with Gasteiger partial charge in [0.25, 0.3) is 5.91 Å². The van der Waals surface area contributed by atoms with Gasteiger partial charge in [-0.15, -0.1) is 0 Å². The van der Waals surface area contributed by atoms with Crippen LogP contribution in [-0.2, 0) is 13.0 Å². The standard InChI is InChI=1S/C23H20N2O2/c1-16-7-5-6-10-19(16)15-24-23(26)18-11-12-20-21(14-18)27-22(25-20)13-17-8-3-2-4-9-17/h2-12,14H,13,15H2,1H3,(H,24,26). The molecule has 0 bridgehead atoms. The largest absolute Gasteiger partial charge is 0.440 e. The summed E-state index contributed by atoms with van der Waals surface area (Å²) in [5.41, 5.74) is 5.37. The first kappa shape index (κ1) is 17.0. The summed E-state index contributed by atoms with van der Waals surface area (Å²) in [6, 6.07) is 23.4. The van der Waals surface area contributed by atoms with Gasteiger partial charge in [0, 0.05) is 18.5 Å². The van der Waals surface area contributed by atoms with Crippen molar-refractivity contribution < 1.29 is 9.21 Å². The van der Waals surface area contributed by atoms with Crippen LogP contribution in [0.15, 0.2) is 77.2 Å². The zero-order valence-electron chi connectivity index (χ0n) is 15.1. The van der Waals surface area contributed by atoms with E-state index >= 15 is 0 Å². The molecule has 1 N–H and O–H groups in total. The monoisotopic (exact) mass is 356 g/mol. The molecule has 0 aliphatic rings. The molecule has 0 aliphatic carbocycles. The molecule has 4 rings (SSSR count). The van der Waals surface area contributed by atoms with E-state index in [-0.39, 0.29) is 5.91 Å². The number of aryl methyl sites for hydroxylation is 1. The summed E-state index contributed by atoms with van der Waals surface area (Å²) in [5, 5.41) is 2.97. The first-order chi connectivity index (χ1) is 13.2. The van der Waals surface area contributed by atoms with Gasteiger partial charge in [0.2, 0.25) is 0 Å². The van der Waals surface area contributed by atoms with E-state index in [1.54, 1.807) is 12.1 Å². The van der Waals surface area contributed by atoms with Crippen LogP contribution >= 0.6 is 0 Å². The fourth-order valence-corrected chi connectivity index (χ4v) is 3.05. The summed E-state index contributed by atoms with van der Waals surface area (Å²) in [7, 11) is 0. The third kappa shape index (κ3) is 3.90. The fraction of sp³-hybridized carbons (Fsp3) is 0.130. The van der Waals surface area contributed by atoms with Crippen molar-refractivity contribution in [3.8, 4) is 0 Å². The number of fused-ring (bicyclic) bond motifs is 1. The summed E-state index contributed by atoms with van der Waals surface area (Å²) in [5.74, 6) is 0.523. The first-order valence-electron chi connectivity index (χ1n) is 8.95. The van der Waals surface area contributed by atoms with Crippen molar-refractivity contribution in [2.24, 2.45) is 0 Å². The number of amides is 1. The second kappa shape index (κ2) is 7.46. The Kier molecular flexibility index (Phi) is 4.71. The molecule has 0 aliphatic heterocycles. The van der Waals surface area contributed by atoms with Crippen molar-refractivity contribution >= 4 is 17.0 Å². The van der Waals surface area contributed by atoms with Gasteiger partial charge in [0.15, 0.2) is 11.5 Å². The van der Waals surface area contributed by atoms with Crippen molar-refractivity contribution in [2.45, 2.75) is 19.9 Å². The van der Waals surface area contributed by atoms with Crippen molar-refractivity contribution in [2.75, 3.05) is 0 Å². The lowest BCUT2D eigenvalue weighted by molar-refractivity contribution is 0.0951. The minimum absolute atomic E-state index is 0.124. The summed E-state index contributed by atoms with van der Waals surface area (Å²) in [6.07, 6.45) is 0.629. The molecule has 3 aromatic carbocycles. The summed E-state index contributed by atoms with van der Waals surface area (Å²) in [4.78, 5) is 17.0. The van der Waals surface area contributed by atoms with E-state index in [9.17, 15) is 4.79 Å². The van der Waals surface area contributed by atoms with Gasteiger partial charge in [0.05, 0.1) is 0 Å². The molecule has 1 amide bonds. The summed E-state index contributed by atoms with van der Waals surface area (Å²) in [6.45, 7) is 2.54. The SMILES string of the molecule is Cc1ccccc1CNC(=O)c1ccc2nc(Cc3ccccc3)oc2c1. The molecule has 0 unspecified atom stereocenters. The average Bonchev–Trinajstić information content (AvgIpc) is 3.09. The highest BCUT2D eigenvalue weighted by Gasteiger charge is 2.11. The van der Waals surface area contributed by atoms with Crippen molar-refractivity contribution in [1.82, 2.24) is 10.3 Å². The summed E-state index contributed by atoms with van der Waals surface area (Å²) >= 11 is 0. The van der Waals surface area contributed by atoms with Crippen LogP contribution in [0.3, 0.4) is 0 Å². The van der Waals surface area contributed by atoms with E-state index in [4.69, 9.17) is 4.42 Å². The molecule has 4 heteroatoms. The Bertz CT molecular complexity index is 1080. The molecule has 1 heterocycles. The highest BCUT2D eigenvalue weighted by Crippen LogP contribution is 2.19. The number of oxazole rings is 1. The molecule has 0 spiro atoms. The van der Waals surface area contributed by atoms with Gasteiger partial charge >= 0.3 is 0 Å². The van der Waals surface area contributed by atoms with Crippen LogP contribution in [0.5, 0.6) is 0 Å². The molecule has 0 fully saturated rings. The minimum Gasteiger partial charge on any atom is -0.440 e. The molecule has 0 saturated heterocycles. The van der Waals surface area contributed by atoms with E-state index < -0.39 is 0 Å². The molecule has 0 radical (unpaired) electrons. The van der Waals surface area contributed by atoms with Crippen molar-refractivity contribution in [1.29, 1.82) is 0 Å². The van der Waals surface area contributed by atoms with Crippen molar-refractivity contribution in [3.05, 3.63) is 101 Å². The number of hydrogen-bond acceptors (Lipinski definition) is 3. The van der Waals surface area contributed by atoms with Crippen LogP contribution in [0, 0.1) is 6.92 Å². The molecule has 27 heavy (non-hydrogen) atoms. The quantitative estimate of drug-likeness (QED) is 0.566. The predicted molar refractivity (Wildman–Crippen MR) is 106 cm³/mol. The van der Waals surface area contributed by atoms with E-state index in [1.807, 2.05) is 67.6 Å². The van der Waals surface area contributed by atoms with E-state index in [0.717, 1.165) is 22.2 Å². The maximum absolute atomic E-state index is 12.5. The number of hydrogen-bond donors (Lipinski definition) is 1. The Morgan fingerprint density at radius 2 is 1.78 bits per heavy atom. The van der Waals surface area contributed by atoms with Gasteiger partial charge in [-0.1, -0.05) is 54.6 Å².